The lowest BCUT2D eigenvalue weighted by Crippen LogP contribution is -2.48. The molecule has 12 heteroatoms. The van der Waals surface area contributed by atoms with Gasteiger partial charge in [-0.2, -0.15) is 5.10 Å². The highest BCUT2D eigenvalue weighted by Crippen LogP contribution is 2.32. The lowest BCUT2D eigenvalue weighted by Gasteiger charge is -2.33. The monoisotopic (exact) mass is 437 g/mol. The Balaban J connectivity index is 1.71. The molecule has 0 radical (unpaired) electrons. The second-order valence-corrected chi connectivity index (χ2v) is 9.24. The standard InChI is InChI=1S/C18H21F2N7O2S/c1-10(30(21,28)29)11-4-2-5-12(25-11)13-8-14(23-9-22-13)17-16(18(19)20)26-15-6-3-7-24-27(15)17/h3,6-12,18,25H,2,4-5H2,1H3,(H2,21,28,29). The molecule has 160 valence electrons. The van der Waals surface area contributed by atoms with Crippen LogP contribution in [-0.4, -0.2) is 44.3 Å². The average molecular weight is 437 g/mol. The van der Waals surface area contributed by atoms with Crippen molar-refractivity contribution in [2.24, 2.45) is 5.14 Å². The summed E-state index contributed by atoms with van der Waals surface area (Å²) in [4.78, 5) is 12.5. The Morgan fingerprint density at radius 3 is 2.83 bits per heavy atom. The molecule has 3 unspecified atom stereocenters. The summed E-state index contributed by atoms with van der Waals surface area (Å²) >= 11 is 0. The van der Waals surface area contributed by atoms with Gasteiger partial charge >= 0.3 is 0 Å². The molecule has 9 nitrogen and oxygen atoms in total. The molecule has 3 aromatic heterocycles. The zero-order chi connectivity index (χ0) is 21.5. The molecule has 3 N–H and O–H groups in total. The van der Waals surface area contributed by atoms with E-state index in [4.69, 9.17) is 5.14 Å². The van der Waals surface area contributed by atoms with Crippen LogP contribution in [0.4, 0.5) is 8.78 Å². The van der Waals surface area contributed by atoms with Crippen LogP contribution in [0.25, 0.3) is 17.0 Å². The Morgan fingerprint density at radius 1 is 1.30 bits per heavy atom. The minimum absolute atomic E-state index is 0.106. The van der Waals surface area contributed by atoms with Gasteiger partial charge in [-0.1, -0.05) is 0 Å². The molecule has 0 bridgehead atoms. The second kappa shape index (κ2) is 7.93. The molecular weight excluding hydrogens is 416 g/mol. The first-order chi connectivity index (χ1) is 14.3. The minimum atomic E-state index is -3.69. The first-order valence-electron chi connectivity index (χ1n) is 9.47. The Labute approximate surface area is 171 Å². The third-order valence-electron chi connectivity index (χ3n) is 5.42. The third kappa shape index (κ3) is 3.89. The van der Waals surface area contributed by atoms with E-state index >= 15 is 0 Å². The number of nitrogens with one attached hydrogen (secondary N) is 1. The fourth-order valence-corrected chi connectivity index (χ4v) is 4.46. The molecule has 0 aliphatic carbocycles. The molecule has 0 spiro atoms. The van der Waals surface area contributed by atoms with E-state index in [2.05, 4.69) is 25.4 Å². The normalized spacial score (nSPS) is 21.2. The predicted molar refractivity (Wildman–Crippen MR) is 105 cm³/mol. The van der Waals surface area contributed by atoms with Crippen molar-refractivity contribution in [3.8, 4) is 11.4 Å². The van der Waals surface area contributed by atoms with E-state index in [9.17, 15) is 17.2 Å². The van der Waals surface area contributed by atoms with Crippen LogP contribution in [0.1, 0.15) is 50.0 Å². The Bertz CT molecular complexity index is 1170. The number of alkyl halides is 2. The molecule has 1 fully saturated rings. The van der Waals surface area contributed by atoms with Gasteiger partial charge < -0.3 is 5.32 Å². The van der Waals surface area contributed by atoms with Crippen LogP contribution in [0.3, 0.4) is 0 Å². The molecule has 0 amide bonds. The largest absolute Gasteiger partial charge is 0.304 e. The topological polar surface area (TPSA) is 128 Å². The number of rotatable bonds is 5. The van der Waals surface area contributed by atoms with Crippen LogP contribution >= 0.6 is 0 Å². The van der Waals surface area contributed by atoms with Gasteiger partial charge in [0.25, 0.3) is 6.43 Å². The van der Waals surface area contributed by atoms with Crippen LogP contribution in [-0.2, 0) is 10.0 Å². The molecule has 1 aliphatic heterocycles. The number of sulfonamides is 1. The third-order valence-corrected chi connectivity index (χ3v) is 6.79. The summed E-state index contributed by atoms with van der Waals surface area (Å²) in [5, 5.41) is 12.0. The quantitative estimate of drug-likeness (QED) is 0.625. The molecule has 3 atom stereocenters. The van der Waals surface area contributed by atoms with E-state index in [1.807, 2.05) is 0 Å². The summed E-state index contributed by atoms with van der Waals surface area (Å²) in [5.74, 6) is 0. The number of nitrogens with two attached hydrogens (primary N) is 1. The van der Waals surface area contributed by atoms with Gasteiger partial charge in [0, 0.05) is 18.3 Å². The van der Waals surface area contributed by atoms with Gasteiger partial charge in [0.1, 0.15) is 17.7 Å². The van der Waals surface area contributed by atoms with E-state index < -0.39 is 27.4 Å². The predicted octanol–water partition coefficient (Wildman–Crippen LogP) is 1.98. The maximum atomic E-state index is 13.6. The fraction of sp³-hybridized carbons (Fsp3) is 0.444. The number of primary sulfonamides is 1. The van der Waals surface area contributed by atoms with Crippen LogP contribution in [0.15, 0.2) is 30.7 Å². The van der Waals surface area contributed by atoms with Crippen LogP contribution in [0, 0.1) is 0 Å². The summed E-state index contributed by atoms with van der Waals surface area (Å²) in [5.41, 5.74) is 0.841. The van der Waals surface area contributed by atoms with Gasteiger partial charge in [-0.3, -0.25) is 0 Å². The average Bonchev–Trinajstić information content (AvgIpc) is 3.13. The molecule has 0 saturated carbocycles. The summed E-state index contributed by atoms with van der Waals surface area (Å²) < 4.78 is 52.1. The first-order valence-corrected chi connectivity index (χ1v) is 11.1. The highest BCUT2D eigenvalue weighted by Gasteiger charge is 2.32. The Hall–Kier alpha value is -2.57. The lowest BCUT2D eigenvalue weighted by atomic mass is 9.94. The maximum Gasteiger partial charge on any atom is 0.282 e. The van der Waals surface area contributed by atoms with Crippen LogP contribution < -0.4 is 10.5 Å². The van der Waals surface area contributed by atoms with Gasteiger partial charge in [-0.25, -0.2) is 41.8 Å². The molecular formula is C18H21F2N7O2S. The zero-order valence-corrected chi connectivity index (χ0v) is 16.9. The van der Waals surface area contributed by atoms with Crippen molar-refractivity contribution in [3.63, 3.8) is 0 Å². The van der Waals surface area contributed by atoms with E-state index in [1.54, 1.807) is 25.1 Å². The molecule has 0 aromatic carbocycles. The molecule has 4 heterocycles. The number of imidazole rings is 1. The molecule has 30 heavy (non-hydrogen) atoms. The molecule has 1 saturated heterocycles. The van der Waals surface area contributed by atoms with Gasteiger partial charge in [-0.15, -0.1) is 0 Å². The number of aromatic nitrogens is 5. The Kier molecular flexibility index (Phi) is 5.47. The summed E-state index contributed by atoms with van der Waals surface area (Å²) in [7, 11) is -3.69. The first kappa shape index (κ1) is 20.7. The van der Waals surface area contributed by atoms with Crippen molar-refractivity contribution in [2.75, 3.05) is 0 Å². The highest BCUT2D eigenvalue weighted by atomic mass is 32.2. The smallest absolute Gasteiger partial charge is 0.282 e. The van der Waals surface area contributed by atoms with Gasteiger partial charge in [0.05, 0.1) is 16.6 Å². The van der Waals surface area contributed by atoms with E-state index in [1.165, 1.54) is 17.0 Å². The number of nitrogens with zero attached hydrogens (tertiary/aromatic N) is 5. The van der Waals surface area contributed by atoms with Crippen molar-refractivity contribution in [2.45, 2.75) is 49.9 Å². The van der Waals surface area contributed by atoms with Crippen molar-refractivity contribution in [3.05, 3.63) is 42.1 Å². The SMILES string of the molecule is CC(C1CCCC(c2cc(-c3c(C(F)F)nc4cccnn34)ncn2)N1)S(N)(=O)=O. The minimum Gasteiger partial charge on any atom is -0.304 e. The van der Waals surface area contributed by atoms with E-state index in [0.717, 1.165) is 12.8 Å². The van der Waals surface area contributed by atoms with Gasteiger partial charge in [0.15, 0.2) is 5.65 Å². The van der Waals surface area contributed by atoms with Gasteiger partial charge in [0.2, 0.25) is 10.0 Å². The fourth-order valence-electron chi connectivity index (χ4n) is 3.79. The van der Waals surface area contributed by atoms with E-state index in [-0.39, 0.29) is 23.5 Å². The second-order valence-electron chi connectivity index (χ2n) is 7.32. The molecule has 3 aromatic rings. The summed E-state index contributed by atoms with van der Waals surface area (Å²) in [6.45, 7) is 1.57. The van der Waals surface area contributed by atoms with Crippen molar-refractivity contribution < 1.29 is 17.2 Å². The molecule has 1 aliphatic rings. The number of hydrogen-bond donors (Lipinski definition) is 2. The van der Waals surface area contributed by atoms with Gasteiger partial charge in [-0.05, 0) is 44.4 Å². The summed E-state index contributed by atoms with van der Waals surface area (Å²) in [6, 6.07) is 4.24. The summed E-state index contributed by atoms with van der Waals surface area (Å²) in [6.07, 6.45) is 2.15. The van der Waals surface area contributed by atoms with Crippen molar-refractivity contribution >= 4 is 15.7 Å². The zero-order valence-electron chi connectivity index (χ0n) is 16.1. The highest BCUT2D eigenvalue weighted by molar-refractivity contribution is 7.89. The molecule has 4 rings (SSSR count). The van der Waals surface area contributed by atoms with Crippen LogP contribution in [0.2, 0.25) is 0 Å². The number of fused-ring (bicyclic) bond motifs is 1. The Morgan fingerprint density at radius 2 is 2.10 bits per heavy atom. The van der Waals surface area contributed by atoms with Crippen molar-refractivity contribution in [1.29, 1.82) is 0 Å². The maximum absolute atomic E-state index is 13.6. The lowest BCUT2D eigenvalue weighted by molar-refractivity contribution is 0.147. The van der Waals surface area contributed by atoms with Crippen LogP contribution in [0.5, 0.6) is 0 Å². The number of piperidine rings is 1. The number of halogens is 2. The number of hydrogen-bond acceptors (Lipinski definition) is 7. The van der Waals surface area contributed by atoms with Crippen molar-refractivity contribution in [1.82, 2.24) is 29.9 Å². The van der Waals surface area contributed by atoms with E-state index in [0.29, 0.717) is 17.8 Å².